The molecule has 0 atom stereocenters. The summed E-state index contributed by atoms with van der Waals surface area (Å²) >= 11 is 3.36. The number of hydrazone groups is 1. The van der Waals surface area contributed by atoms with Gasteiger partial charge >= 0.3 is 0 Å². The fourth-order valence-electron chi connectivity index (χ4n) is 2.61. The van der Waals surface area contributed by atoms with E-state index in [0.29, 0.717) is 5.76 Å². The van der Waals surface area contributed by atoms with Crippen molar-refractivity contribution in [2.24, 2.45) is 5.10 Å². The fraction of sp³-hybridized carbons (Fsp3) is 0.143. The first-order valence-corrected chi connectivity index (χ1v) is 11.2. The predicted octanol–water partition coefficient (Wildman–Crippen LogP) is 3.69. The Kier molecular flexibility index (Phi) is 7.20. The summed E-state index contributed by atoms with van der Waals surface area (Å²) in [6, 6.07) is 17.1. The zero-order chi connectivity index (χ0) is 21.6. The molecular formula is C21H20BrN3O4S. The number of furan rings is 1. The SMILES string of the molecule is Cc1ccc(S(=O)(=O)N(CC(=O)N/N=C\c2ccco2)Cc2ccc(Br)cc2)cc1. The summed E-state index contributed by atoms with van der Waals surface area (Å²) in [5.74, 6) is -0.0973. The average Bonchev–Trinajstić information content (AvgIpc) is 3.23. The molecule has 0 unspecified atom stereocenters. The number of benzene rings is 2. The summed E-state index contributed by atoms with van der Waals surface area (Å²) in [4.78, 5) is 12.5. The van der Waals surface area contributed by atoms with Crippen LogP contribution in [0.25, 0.3) is 0 Å². The molecule has 2 aromatic carbocycles. The van der Waals surface area contributed by atoms with Crippen molar-refractivity contribution in [2.45, 2.75) is 18.4 Å². The third-order valence-electron chi connectivity index (χ3n) is 4.18. The van der Waals surface area contributed by atoms with E-state index in [1.807, 2.05) is 19.1 Å². The molecule has 0 saturated carbocycles. The number of aryl methyl sites for hydroxylation is 1. The number of rotatable bonds is 8. The van der Waals surface area contributed by atoms with E-state index >= 15 is 0 Å². The maximum absolute atomic E-state index is 13.2. The minimum atomic E-state index is -3.90. The minimum absolute atomic E-state index is 0.0405. The van der Waals surface area contributed by atoms with E-state index < -0.39 is 15.9 Å². The molecule has 9 heteroatoms. The van der Waals surface area contributed by atoms with Crippen LogP contribution in [0.5, 0.6) is 0 Å². The number of hydrogen-bond donors (Lipinski definition) is 1. The van der Waals surface area contributed by atoms with E-state index in [1.54, 1.807) is 36.4 Å². The highest BCUT2D eigenvalue weighted by molar-refractivity contribution is 9.10. The number of nitrogens with one attached hydrogen (secondary N) is 1. The van der Waals surface area contributed by atoms with Gasteiger partial charge in [0.05, 0.1) is 23.9 Å². The highest BCUT2D eigenvalue weighted by atomic mass is 79.9. The van der Waals surface area contributed by atoms with Crippen LogP contribution in [0.3, 0.4) is 0 Å². The highest BCUT2D eigenvalue weighted by Gasteiger charge is 2.27. The first-order chi connectivity index (χ1) is 14.3. The largest absolute Gasteiger partial charge is 0.463 e. The number of halogens is 1. The summed E-state index contributed by atoms with van der Waals surface area (Å²) in [5.41, 5.74) is 4.03. The van der Waals surface area contributed by atoms with Crippen LogP contribution < -0.4 is 5.43 Å². The van der Waals surface area contributed by atoms with Crippen molar-refractivity contribution in [3.63, 3.8) is 0 Å². The van der Waals surface area contributed by atoms with Gasteiger partial charge in [-0.05, 0) is 48.9 Å². The first-order valence-electron chi connectivity index (χ1n) is 9.01. The van der Waals surface area contributed by atoms with Crippen LogP contribution >= 0.6 is 15.9 Å². The highest BCUT2D eigenvalue weighted by Crippen LogP contribution is 2.20. The van der Waals surface area contributed by atoms with Crippen LogP contribution in [0.2, 0.25) is 0 Å². The van der Waals surface area contributed by atoms with Gasteiger partial charge in [-0.25, -0.2) is 13.8 Å². The monoisotopic (exact) mass is 489 g/mol. The smallest absolute Gasteiger partial charge is 0.255 e. The third-order valence-corrected chi connectivity index (χ3v) is 6.51. The van der Waals surface area contributed by atoms with Crippen LogP contribution in [0.4, 0.5) is 0 Å². The Bertz CT molecular complexity index is 1110. The van der Waals surface area contributed by atoms with Gasteiger partial charge in [0.15, 0.2) is 0 Å². The molecule has 3 aromatic rings. The molecule has 0 aliphatic carbocycles. The summed E-state index contributed by atoms with van der Waals surface area (Å²) in [6.45, 7) is 1.53. The Morgan fingerprint density at radius 1 is 1.13 bits per heavy atom. The molecule has 3 rings (SSSR count). The van der Waals surface area contributed by atoms with Gasteiger partial charge in [0.1, 0.15) is 5.76 Å². The predicted molar refractivity (Wildman–Crippen MR) is 117 cm³/mol. The van der Waals surface area contributed by atoms with Crippen molar-refractivity contribution in [1.82, 2.24) is 9.73 Å². The van der Waals surface area contributed by atoms with E-state index in [1.165, 1.54) is 24.6 Å². The number of carbonyl (C=O) groups excluding carboxylic acids is 1. The van der Waals surface area contributed by atoms with Gasteiger partial charge in [0.2, 0.25) is 10.0 Å². The Labute approximate surface area is 183 Å². The molecule has 0 saturated heterocycles. The molecule has 156 valence electrons. The van der Waals surface area contributed by atoms with Gasteiger partial charge < -0.3 is 4.42 Å². The van der Waals surface area contributed by atoms with Crippen LogP contribution in [-0.4, -0.2) is 31.4 Å². The maximum Gasteiger partial charge on any atom is 0.255 e. The van der Waals surface area contributed by atoms with E-state index in [0.717, 1.165) is 19.9 Å². The van der Waals surface area contributed by atoms with E-state index in [2.05, 4.69) is 26.5 Å². The van der Waals surface area contributed by atoms with Crippen LogP contribution in [-0.2, 0) is 21.4 Å². The molecule has 1 aromatic heterocycles. The number of nitrogens with zero attached hydrogens (tertiary/aromatic N) is 2. The van der Waals surface area contributed by atoms with Crippen LogP contribution in [0.1, 0.15) is 16.9 Å². The summed E-state index contributed by atoms with van der Waals surface area (Å²) in [5, 5.41) is 3.81. The second-order valence-corrected chi connectivity index (χ2v) is 9.37. The zero-order valence-electron chi connectivity index (χ0n) is 16.2. The molecule has 0 aliphatic heterocycles. The van der Waals surface area contributed by atoms with Crippen LogP contribution in [0, 0.1) is 6.92 Å². The Hall–Kier alpha value is -2.75. The number of amides is 1. The quantitative estimate of drug-likeness (QED) is 0.385. The second kappa shape index (κ2) is 9.84. The van der Waals surface area contributed by atoms with Crippen molar-refractivity contribution in [3.05, 3.63) is 88.3 Å². The minimum Gasteiger partial charge on any atom is -0.463 e. The molecule has 1 N–H and O–H groups in total. The lowest BCUT2D eigenvalue weighted by Gasteiger charge is -2.21. The van der Waals surface area contributed by atoms with Crippen molar-refractivity contribution >= 4 is 38.1 Å². The summed E-state index contributed by atoms with van der Waals surface area (Å²) in [6.07, 6.45) is 2.82. The Balaban J connectivity index is 1.80. The number of carbonyl (C=O) groups is 1. The van der Waals surface area contributed by atoms with E-state index in [-0.39, 0.29) is 18.0 Å². The molecule has 7 nitrogen and oxygen atoms in total. The lowest BCUT2D eigenvalue weighted by Crippen LogP contribution is -2.39. The molecule has 30 heavy (non-hydrogen) atoms. The second-order valence-electron chi connectivity index (χ2n) is 6.52. The van der Waals surface area contributed by atoms with Gasteiger partial charge in [-0.3, -0.25) is 4.79 Å². The van der Waals surface area contributed by atoms with Crippen molar-refractivity contribution < 1.29 is 17.6 Å². The van der Waals surface area contributed by atoms with Crippen LogP contribution in [0.15, 0.2) is 85.8 Å². The maximum atomic E-state index is 13.2. The average molecular weight is 490 g/mol. The van der Waals surface area contributed by atoms with E-state index in [9.17, 15) is 13.2 Å². The molecule has 0 fully saturated rings. The molecule has 0 bridgehead atoms. The topological polar surface area (TPSA) is 92.0 Å². The Morgan fingerprint density at radius 2 is 1.83 bits per heavy atom. The summed E-state index contributed by atoms with van der Waals surface area (Å²) in [7, 11) is -3.90. The zero-order valence-corrected chi connectivity index (χ0v) is 18.6. The van der Waals surface area contributed by atoms with Gasteiger partial charge in [-0.1, -0.05) is 45.8 Å². The molecule has 1 heterocycles. The standard InChI is InChI=1S/C21H20BrN3O4S/c1-16-4-10-20(11-5-16)30(27,28)25(14-17-6-8-18(22)9-7-17)15-21(26)24-23-13-19-3-2-12-29-19/h2-13H,14-15H2,1H3,(H,24,26)/b23-13-. The molecule has 0 aliphatic rings. The van der Waals surface area contributed by atoms with Gasteiger partial charge in [0, 0.05) is 11.0 Å². The molecule has 1 amide bonds. The van der Waals surface area contributed by atoms with Gasteiger partial charge in [0.25, 0.3) is 5.91 Å². The Morgan fingerprint density at radius 3 is 2.47 bits per heavy atom. The molecular weight excluding hydrogens is 470 g/mol. The van der Waals surface area contributed by atoms with Crippen molar-refractivity contribution in [2.75, 3.05) is 6.54 Å². The molecule has 0 radical (unpaired) electrons. The summed E-state index contributed by atoms with van der Waals surface area (Å²) < 4.78 is 33.5. The number of sulfonamides is 1. The normalized spacial score (nSPS) is 11.8. The van der Waals surface area contributed by atoms with Crippen molar-refractivity contribution in [1.29, 1.82) is 0 Å². The first kappa shape index (κ1) is 21.9. The lowest BCUT2D eigenvalue weighted by atomic mass is 10.2. The van der Waals surface area contributed by atoms with Crippen molar-refractivity contribution in [3.8, 4) is 0 Å². The third kappa shape index (κ3) is 5.88. The van der Waals surface area contributed by atoms with Gasteiger partial charge in [-0.15, -0.1) is 0 Å². The fourth-order valence-corrected chi connectivity index (χ4v) is 4.26. The molecule has 0 spiro atoms. The lowest BCUT2D eigenvalue weighted by molar-refractivity contribution is -0.121. The van der Waals surface area contributed by atoms with E-state index in [4.69, 9.17) is 4.42 Å². The van der Waals surface area contributed by atoms with Gasteiger partial charge in [-0.2, -0.15) is 9.41 Å². The number of hydrogen-bond acceptors (Lipinski definition) is 5.